The van der Waals surface area contributed by atoms with Crippen molar-refractivity contribution in [1.82, 2.24) is 5.43 Å². The molecule has 0 bridgehead atoms. The van der Waals surface area contributed by atoms with Gasteiger partial charge in [-0.3, -0.25) is 4.79 Å². The minimum atomic E-state index is -0.731. The molecule has 0 spiro atoms. The van der Waals surface area contributed by atoms with E-state index in [1.54, 1.807) is 55.5 Å². The maximum absolute atomic E-state index is 12.3. The maximum atomic E-state index is 12.3. The summed E-state index contributed by atoms with van der Waals surface area (Å²) in [6, 6.07) is 31.3. The van der Waals surface area contributed by atoms with Crippen molar-refractivity contribution in [3.05, 3.63) is 119 Å². The van der Waals surface area contributed by atoms with Gasteiger partial charge in [0.1, 0.15) is 11.5 Å². The third kappa shape index (κ3) is 6.90. The average molecular weight is 543 g/mol. The molecule has 0 radical (unpaired) electrons. The van der Waals surface area contributed by atoms with Crippen molar-refractivity contribution in [3.8, 4) is 22.6 Å². The number of nitrogens with zero attached hydrogens (tertiary/aromatic N) is 1. The number of carbonyl (C=O) groups excluding carboxylic acids is 2. The molecule has 0 aliphatic carbocycles. The molecule has 0 saturated heterocycles. The fourth-order valence-corrected chi connectivity index (χ4v) is 3.51. The number of amides is 1. The number of hydrogen-bond acceptors (Lipinski definition) is 5. The Hall–Kier alpha value is -4.23. The first-order valence-corrected chi connectivity index (χ1v) is 12.0. The zero-order valence-corrected chi connectivity index (χ0v) is 21.0. The Kier molecular flexibility index (Phi) is 8.26. The second-order valence-electron chi connectivity index (χ2n) is 7.85. The van der Waals surface area contributed by atoms with Crippen LogP contribution in [0.3, 0.4) is 0 Å². The fraction of sp³-hybridized carbons (Fsp3) is 0.0690. The Morgan fingerprint density at radius 3 is 2.08 bits per heavy atom. The van der Waals surface area contributed by atoms with Gasteiger partial charge in [-0.15, -0.1) is 0 Å². The second kappa shape index (κ2) is 12.0. The first kappa shape index (κ1) is 24.9. The molecule has 0 heterocycles. The van der Waals surface area contributed by atoms with Gasteiger partial charge in [0.25, 0.3) is 5.91 Å². The number of ether oxygens (including phenoxy) is 2. The van der Waals surface area contributed by atoms with Gasteiger partial charge in [-0.05, 0) is 84.3 Å². The van der Waals surface area contributed by atoms with Crippen LogP contribution in [0.4, 0.5) is 0 Å². The normalized spacial score (nSPS) is 11.6. The van der Waals surface area contributed by atoms with E-state index in [9.17, 15) is 9.59 Å². The van der Waals surface area contributed by atoms with Crippen molar-refractivity contribution in [2.45, 2.75) is 13.0 Å². The zero-order chi connectivity index (χ0) is 25.3. The summed E-state index contributed by atoms with van der Waals surface area (Å²) in [5.41, 5.74) is 5.84. The van der Waals surface area contributed by atoms with E-state index >= 15 is 0 Å². The van der Waals surface area contributed by atoms with E-state index in [1.165, 1.54) is 6.21 Å². The van der Waals surface area contributed by atoms with E-state index in [2.05, 4.69) is 26.5 Å². The first-order valence-electron chi connectivity index (χ1n) is 11.2. The Balaban J connectivity index is 1.25. The van der Waals surface area contributed by atoms with Crippen molar-refractivity contribution in [2.24, 2.45) is 5.10 Å². The first-order chi connectivity index (χ1) is 17.5. The molecule has 0 fully saturated rings. The third-order valence-corrected chi connectivity index (χ3v) is 5.73. The monoisotopic (exact) mass is 542 g/mol. The Morgan fingerprint density at radius 2 is 1.42 bits per heavy atom. The van der Waals surface area contributed by atoms with E-state index in [0.29, 0.717) is 17.1 Å². The van der Waals surface area contributed by atoms with Crippen LogP contribution in [0.15, 0.2) is 113 Å². The predicted octanol–water partition coefficient (Wildman–Crippen LogP) is 6.25. The van der Waals surface area contributed by atoms with Crippen LogP contribution < -0.4 is 14.9 Å². The molecular weight excluding hydrogens is 520 g/mol. The van der Waals surface area contributed by atoms with Gasteiger partial charge in [-0.2, -0.15) is 5.10 Å². The molecule has 7 heteroatoms. The van der Waals surface area contributed by atoms with Crippen molar-refractivity contribution in [3.63, 3.8) is 0 Å². The summed E-state index contributed by atoms with van der Waals surface area (Å²) in [6.45, 7) is 1.66. The number of hydrogen-bond donors (Lipinski definition) is 1. The van der Waals surface area contributed by atoms with Gasteiger partial charge in [-0.25, -0.2) is 10.2 Å². The van der Waals surface area contributed by atoms with Crippen molar-refractivity contribution in [2.75, 3.05) is 0 Å². The quantitative estimate of drug-likeness (QED) is 0.123. The lowest BCUT2D eigenvalue weighted by Crippen LogP contribution is -2.33. The third-order valence-electron chi connectivity index (χ3n) is 5.20. The lowest BCUT2D eigenvalue weighted by atomic mass is 10.1. The van der Waals surface area contributed by atoms with Gasteiger partial charge < -0.3 is 9.47 Å². The van der Waals surface area contributed by atoms with Gasteiger partial charge in [-0.1, -0.05) is 58.4 Å². The van der Waals surface area contributed by atoms with Crippen molar-refractivity contribution >= 4 is 34.0 Å². The highest BCUT2D eigenvalue weighted by molar-refractivity contribution is 9.10. The van der Waals surface area contributed by atoms with E-state index in [-0.39, 0.29) is 5.91 Å². The second-order valence-corrected chi connectivity index (χ2v) is 8.77. The maximum Gasteiger partial charge on any atom is 0.343 e. The van der Waals surface area contributed by atoms with Gasteiger partial charge in [0, 0.05) is 4.47 Å². The van der Waals surface area contributed by atoms with Crippen LogP contribution >= 0.6 is 15.9 Å². The fourth-order valence-electron chi connectivity index (χ4n) is 3.25. The van der Waals surface area contributed by atoms with Crippen LogP contribution in [0.1, 0.15) is 22.8 Å². The van der Waals surface area contributed by atoms with Gasteiger partial charge >= 0.3 is 5.97 Å². The molecular formula is C29H23BrN2O4. The summed E-state index contributed by atoms with van der Waals surface area (Å²) in [5, 5.41) is 3.99. The van der Waals surface area contributed by atoms with E-state index in [1.807, 2.05) is 54.6 Å². The minimum Gasteiger partial charge on any atom is -0.481 e. The smallest absolute Gasteiger partial charge is 0.343 e. The van der Waals surface area contributed by atoms with Crippen molar-refractivity contribution in [1.29, 1.82) is 0 Å². The summed E-state index contributed by atoms with van der Waals surface area (Å²) < 4.78 is 12.0. The molecule has 1 atom stereocenters. The Bertz CT molecular complexity index is 1340. The largest absolute Gasteiger partial charge is 0.481 e. The molecule has 0 saturated carbocycles. The highest BCUT2D eigenvalue weighted by Gasteiger charge is 2.14. The summed E-state index contributed by atoms with van der Waals surface area (Å²) in [7, 11) is 0. The standard InChI is InChI=1S/C29H23BrN2O4/c1-20(35-26-17-11-23(12-18-26)22-5-3-2-4-6-22)28(33)32-31-19-21-7-15-27(16-8-21)36-29(34)24-9-13-25(30)14-10-24/h2-20H,1H3,(H,32,33)/b31-19-/t20-/m1/s1. The number of halogens is 1. The highest BCUT2D eigenvalue weighted by atomic mass is 79.9. The zero-order valence-electron chi connectivity index (χ0n) is 19.4. The molecule has 4 aromatic carbocycles. The molecule has 1 N–H and O–H groups in total. The summed E-state index contributed by atoms with van der Waals surface area (Å²) in [5.74, 6) is 0.178. The lowest BCUT2D eigenvalue weighted by Gasteiger charge is -2.13. The van der Waals surface area contributed by atoms with Gasteiger partial charge in [0.05, 0.1) is 11.8 Å². The van der Waals surface area contributed by atoms with Crippen LogP contribution in [-0.2, 0) is 4.79 Å². The van der Waals surface area contributed by atoms with Crippen LogP contribution in [-0.4, -0.2) is 24.2 Å². The lowest BCUT2D eigenvalue weighted by molar-refractivity contribution is -0.127. The van der Waals surface area contributed by atoms with Crippen LogP contribution in [0.25, 0.3) is 11.1 Å². The molecule has 0 aromatic heterocycles. The Morgan fingerprint density at radius 1 is 0.806 bits per heavy atom. The SMILES string of the molecule is C[C@@H](Oc1ccc(-c2ccccc2)cc1)C(=O)N/N=C\c1ccc(OC(=O)c2ccc(Br)cc2)cc1. The minimum absolute atomic E-state index is 0.376. The number of esters is 1. The molecule has 1 amide bonds. The van der Waals surface area contributed by atoms with Crippen LogP contribution in [0.2, 0.25) is 0 Å². The number of hydrazone groups is 1. The number of benzene rings is 4. The van der Waals surface area contributed by atoms with Crippen molar-refractivity contribution < 1.29 is 19.1 Å². The summed E-state index contributed by atoms with van der Waals surface area (Å²) >= 11 is 3.33. The average Bonchev–Trinajstić information content (AvgIpc) is 2.91. The van der Waals surface area contributed by atoms with Crippen LogP contribution in [0, 0.1) is 0 Å². The molecule has 4 rings (SSSR count). The predicted molar refractivity (Wildman–Crippen MR) is 143 cm³/mol. The Labute approximate surface area is 217 Å². The van der Waals surface area contributed by atoms with E-state index in [0.717, 1.165) is 21.2 Å². The van der Waals surface area contributed by atoms with Gasteiger partial charge in [0.2, 0.25) is 0 Å². The van der Waals surface area contributed by atoms with Crippen LogP contribution in [0.5, 0.6) is 11.5 Å². The topological polar surface area (TPSA) is 77.0 Å². The molecule has 0 aliphatic rings. The summed E-state index contributed by atoms with van der Waals surface area (Å²) in [6.07, 6.45) is 0.768. The van der Waals surface area contributed by atoms with E-state index < -0.39 is 12.1 Å². The number of rotatable bonds is 8. The van der Waals surface area contributed by atoms with Gasteiger partial charge in [0.15, 0.2) is 6.10 Å². The molecule has 6 nitrogen and oxygen atoms in total. The molecule has 36 heavy (non-hydrogen) atoms. The molecule has 0 unspecified atom stereocenters. The highest BCUT2D eigenvalue weighted by Crippen LogP contribution is 2.22. The number of nitrogens with one attached hydrogen (secondary N) is 1. The van der Waals surface area contributed by atoms with E-state index in [4.69, 9.17) is 9.47 Å². The molecule has 4 aromatic rings. The summed E-state index contributed by atoms with van der Waals surface area (Å²) in [4.78, 5) is 24.6. The molecule has 180 valence electrons. The molecule has 0 aliphatic heterocycles. The number of carbonyl (C=O) groups is 2.